The second-order valence-corrected chi connectivity index (χ2v) is 9.96. The number of aromatic nitrogens is 1. The van der Waals surface area contributed by atoms with Gasteiger partial charge in [-0.2, -0.15) is 0 Å². The Morgan fingerprint density at radius 2 is 1.83 bits per heavy atom. The van der Waals surface area contributed by atoms with Gasteiger partial charge in [0.25, 0.3) is 5.91 Å². The molecule has 0 aliphatic heterocycles. The maximum absolute atomic E-state index is 12.6. The Balaban J connectivity index is 1.45. The molecule has 1 amide bonds. The minimum atomic E-state index is -0.841. The molecule has 186 valence electrons. The minimum Gasteiger partial charge on any atom is -0.479 e. The van der Waals surface area contributed by atoms with Crippen LogP contribution < -0.4 is 15.4 Å². The monoisotopic (exact) mass is 541 g/mol. The Bertz CT molecular complexity index is 1450. The Morgan fingerprint density at radius 1 is 1.06 bits per heavy atom. The first-order valence-corrected chi connectivity index (χ1v) is 12.5. The summed E-state index contributed by atoms with van der Waals surface area (Å²) in [4.78, 5) is 17.3. The summed E-state index contributed by atoms with van der Waals surface area (Å²) in [5, 5.41) is 6.66. The van der Waals surface area contributed by atoms with Gasteiger partial charge in [-0.05, 0) is 85.6 Å². The number of benzene rings is 3. The second kappa shape index (κ2) is 10.9. The van der Waals surface area contributed by atoms with E-state index in [4.69, 9.17) is 44.6 Å². The van der Waals surface area contributed by atoms with Gasteiger partial charge in [-0.1, -0.05) is 49.2 Å². The highest BCUT2D eigenvalue weighted by molar-refractivity contribution is 7.80. The van der Waals surface area contributed by atoms with Gasteiger partial charge in [-0.15, -0.1) is 0 Å². The lowest BCUT2D eigenvalue weighted by molar-refractivity contribution is -0.125. The van der Waals surface area contributed by atoms with Crippen LogP contribution in [0.5, 0.6) is 5.75 Å². The fraction of sp³-hybridized carbons (Fsp3) is 0.222. The summed E-state index contributed by atoms with van der Waals surface area (Å²) in [7, 11) is 0. The van der Waals surface area contributed by atoms with Crippen molar-refractivity contribution in [2.45, 2.75) is 39.7 Å². The molecular formula is C27H25Cl2N3O3S. The topological polar surface area (TPSA) is 76.4 Å². The SMILES string of the molecule is Cc1ccc(-c2nc3cc(C(C)C)ccc3o2)cc1NC(=S)NC(=O)C(C)Oc1ccc(Cl)cc1Cl. The number of amides is 1. The van der Waals surface area contributed by atoms with Crippen LogP contribution in [0.1, 0.15) is 37.8 Å². The van der Waals surface area contributed by atoms with Crippen molar-refractivity contribution >= 4 is 63.2 Å². The maximum atomic E-state index is 12.6. The lowest BCUT2D eigenvalue weighted by Crippen LogP contribution is -2.42. The van der Waals surface area contributed by atoms with Crippen molar-refractivity contribution < 1.29 is 13.9 Å². The molecule has 4 aromatic rings. The Kier molecular flexibility index (Phi) is 7.83. The van der Waals surface area contributed by atoms with E-state index in [1.165, 1.54) is 5.56 Å². The molecule has 0 fully saturated rings. The highest BCUT2D eigenvalue weighted by Crippen LogP contribution is 2.30. The molecule has 0 bridgehead atoms. The zero-order valence-corrected chi connectivity index (χ0v) is 22.5. The van der Waals surface area contributed by atoms with Crippen LogP contribution in [0.4, 0.5) is 5.69 Å². The van der Waals surface area contributed by atoms with Crippen molar-refractivity contribution in [3.63, 3.8) is 0 Å². The van der Waals surface area contributed by atoms with Crippen LogP contribution in [-0.4, -0.2) is 22.1 Å². The summed E-state index contributed by atoms with van der Waals surface area (Å²) < 4.78 is 11.6. The van der Waals surface area contributed by atoms with Gasteiger partial charge in [0.2, 0.25) is 5.89 Å². The fourth-order valence-electron chi connectivity index (χ4n) is 3.50. The van der Waals surface area contributed by atoms with Crippen LogP contribution in [0.15, 0.2) is 59.0 Å². The maximum Gasteiger partial charge on any atom is 0.266 e. The molecule has 0 saturated carbocycles. The summed E-state index contributed by atoms with van der Waals surface area (Å²) in [5.41, 5.74) is 5.17. The van der Waals surface area contributed by atoms with Crippen molar-refractivity contribution in [3.8, 4) is 17.2 Å². The largest absolute Gasteiger partial charge is 0.479 e. The zero-order valence-electron chi connectivity index (χ0n) is 20.2. The van der Waals surface area contributed by atoms with Crippen molar-refractivity contribution in [2.75, 3.05) is 5.32 Å². The summed E-state index contributed by atoms with van der Waals surface area (Å²) in [6.45, 7) is 7.82. The molecule has 0 radical (unpaired) electrons. The van der Waals surface area contributed by atoms with Crippen LogP contribution in [0, 0.1) is 6.92 Å². The first-order valence-electron chi connectivity index (χ1n) is 11.4. The number of hydrogen-bond acceptors (Lipinski definition) is 5. The number of nitrogens with zero attached hydrogens (tertiary/aromatic N) is 1. The molecule has 0 saturated heterocycles. The van der Waals surface area contributed by atoms with Crippen LogP contribution >= 0.6 is 35.4 Å². The van der Waals surface area contributed by atoms with Crippen LogP contribution in [0.3, 0.4) is 0 Å². The van der Waals surface area contributed by atoms with Gasteiger partial charge < -0.3 is 14.5 Å². The summed E-state index contributed by atoms with van der Waals surface area (Å²) >= 11 is 17.4. The van der Waals surface area contributed by atoms with E-state index >= 15 is 0 Å². The number of carbonyl (C=O) groups is 1. The second-order valence-electron chi connectivity index (χ2n) is 8.71. The van der Waals surface area contributed by atoms with Gasteiger partial charge in [0, 0.05) is 16.3 Å². The van der Waals surface area contributed by atoms with E-state index in [0.717, 1.165) is 27.9 Å². The van der Waals surface area contributed by atoms with Crippen molar-refractivity contribution in [3.05, 3.63) is 75.8 Å². The third kappa shape index (κ3) is 5.98. The first-order chi connectivity index (χ1) is 17.1. The molecule has 1 atom stereocenters. The first kappa shape index (κ1) is 25.9. The number of ether oxygens (including phenoxy) is 1. The average Bonchev–Trinajstić information content (AvgIpc) is 3.25. The summed E-state index contributed by atoms with van der Waals surface area (Å²) in [6, 6.07) is 16.6. The van der Waals surface area contributed by atoms with E-state index < -0.39 is 12.0 Å². The third-order valence-electron chi connectivity index (χ3n) is 5.61. The molecule has 0 aliphatic rings. The lowest BCUT2D eigenvalue weighted by Gasteiger charge is -2.17. The molecule has 1 aromatic heterocycles. The number of aryl methyl sites for hydroxylation is 1. The van der Waals surface area contributed by atoms with Gasteiger partial charge in [0.05, 0.1) is 5.02 Å². The number of hydrogen-bond donors (Lipinski definition) is 2. The molecule has 6 nitrogen and oxygen atoms in total. The van der Waals surface area contributed by atoms with Crippen molar-refractivity contribution in [2.24, 2.45) is 0 Å². The Labute approximate surface area is 225 Å². The van der Waals surface area contributed by atoms with E-state index in [1.807, 2.05) is 37.3 Å². The smallest absolute Gasteiger partial charge is 0.266 e. The molecule has 0 spiro atoms. The highest BCUT2D eigenvalue weighted by atomic mass is 35.5. The van der Waals surface area contributed by atoms with E-state index in [0.29, 0.717) is 27.6 Å². The number of nitrogens with one attached hydrogen (secondary N) is 2. The quantitative estimate of drug-likeness (QED) is 0.246. The van der Waals surface area contributed by atoms with Gasteiger partial charge in [-0.25, -0.2) is 4.98 Å². The molecule has 2 N–H and O–H groups in total. The van der Waals surface area contributed by atoms with E-state index in [-0.39, 0.29) is 5.11 Å². The molecule has 4 rings (SSSR count). The predicted molar refractivity (Wildman–Crippen MR) is 149 cm³/mol. The summed E-state index contributed by atoms with van der Waals surface area (Å²) in [6.07, 6.45) is -0.841. The molecule has 36 heavy (non-hydrogen) atoms. The van der Waals surface area contributed by atoms with Crippen molar-refractivity contribution in [1.82, 2.24) is 10.3 Å². The fourth-order valence-corrected chi connectivity index (χ4v) is 4.16. The number of halogens is 2. The molecule has 1 unspecified atom stereocenters. The van der Waals surface area contributed by atoms with E-state index in [9.17, 15) is 4.79 Å². The van der Waals surface area contributed by atoms with Crippen LogP contribution in [-0.2, 0) is 4.79 Å². The number of oxazole rings is 1. The Hall–Kier alpha value is -3.13. The highest BCUT2D eigenvalue weighted by Gasteiger charge is 2.18. The normalized spacial score (nSPS) is 12.0. The van der Waals surface area contributed by atoms with Crippen LogP contribution in [0.25, 0.3) is 22.6 Å². The number of anilines is 1. The van der Waals surface area contributed by atoms with Crippen LogP contribution in [0.2, 0.25) is 10.0 Å². The van der Waals surface area contributed by atoms with Gasteiger partial charge >= 0.3 is 0 Å². The standard InChI is InChI=1S/C27H25Cl2N3O3S/c1-14(2)17-7-9-24-22(11-17)30-26(35-24)18-6-5-15(3)21(12-18)31-27(36)32-25(33)16(4)34-23-10-8-19(28)13-20(23)29/h5-14,16H,1-4H3,(H2,31,32,33,36). The number of fused-ring (bicyclic) bond motifs is 1. The van der Waals surface area contributed by atoms with E-state index in [1.54, 1.807) is 25.1 Å². The Morgan fingerprint density at radius 3 is 2.56 bits per heavy atom. The molecule has 1 heterocycles. The minimum absolute atomic E-state index is 0.136. The molecule has 0 aliphatic carbocycles. The predicted octanol–water partition coefficient (Wildman–Crippen LogP) is 7.51. The van der Waals surface area contributed by atoms with Gasteiger partial charge in [0.15, 0.2) is 16.8 Å². The lowest BCUT2D eigenvalue weighted by atomic mass is 10.0. The average molecular weight is 542 g/mol. The number of thiocarbonyl (C=S) groups is 1. The zero-order chi connectivity index (χ0) is 26.0. The molecule has 3 aromatic carbocycles. The summed E-state index contributed by atoms with van der Waals surface area (Å²) in [5.74, 6) is 0.834. The third-order valence-corrected chi connectivity index (χ3v) is 6.35. The van der Waals surface area contributed by atoms with Gasteiger partial charge in [0.1, 0.15) is 11.3 Å². The molecular weight excluding hydrogens is 517 g/mol. The number of rotatable bonds is 6. The van der Waals surface area contributed by atoms with Gasteiger partial charge in [-0.3, -0.25) is 10.1 Å². The van der Waals surface area contributed by atoms with Crippen molar-refractivity contribution in [1.29, 1.82) is 0 Å². The van der Waals surface area contributed by atoms with E-state index in [2.05, 4.69) is 35.5 Å². The number of carbonyl (C=O) groups excluding carboxylic acids is 1. The molecule has 9 heteroatoms.